The molecule has 1 aliphatic heterocycles. The molecule has 20 heavy (non-hydrogen) atoms. The van der Waals surface area contributed by atoms with Gasteiger partial charge in [0.1, 0.15) is 0 Å². The second kappa shape index (κ2) is 4.96. The van der Waals surface area contributed by atoms with Gasteiger partial charge in [0.05, 0.1) is 11.6 Å². The average molecular weight is 289 g/mol. The van der Waals surface area contributed by atoms with Crippen LogP contribution in [0.2, 0.25) is 0 Å². The van der Waals surface area contributed by atoms with Crippen molar-refractivity contribution in [3.8, 4) is 0 Å². The quantitative estimate of drug-likeness (QED) is 0.771. The zero-order valence-electron chi connectivity index (χ0n) is 11.1. The molecule has 1 unspecified atom stereocenters. The maximum absolute atomic E-state index is 12.6. The molecule has 1 atom stereocenters. The number of fused-ring (bicyclic) bond motifs is 1. The number of anilines is 1. The monoisotopic (exact) mass is 289 g/mol. The summed E-state index contributed by atoms with van der Waals surface area (Å²) >= 11 is 1.65. The number of pyridine rings is 1. The summed E-state index contributed by atoms with van der Waals surface area (Å²) in [5.41, 5.74) is 7.18. The van der Waals surface area contributed by atoms with Crippen molar-refractivity contribution in [2.45, 2.75) is 13.0 Å². The predicted molar refractivity (Wildman–Crippen MR) is 82.2 cm³/mol. The largest absolute Gasteiger partial charge is 0.399 e. The lowest BCUT2D eigenvalue weighted by molar-refractivity contribution is 0.0878. The van der Waals surface area contributed by atoms with Crippen molar-refractivity contribution in [3.05, 3.63) is 40.2 Å². The molecule has 2 aromatic rings. The minimum absolute atomic E-state index is 0.209. The smallest absolute Gasteiger partial charge is 0.260 e. The van der Waals surface area contributed by atoms with E-state index in [0.717, 1.165) is 11.3 Å². The lowest BCUT2D eigenvalue weighted by atomic mass is 10.1. The molecule has 1 fully saturated rings. The van der Waals surface area contributed by atoms with E-state index in [-0.39, 0.29) is 17.5 Å². The molecule has 1 aliphatic rings. The van der Waals surface area contributed by atoms with Gasteiger partial charge < -0.3 is 5.73 Å². The fraction of sp³-hybridized carbons (Fsp3) is 0.286. The van der Waals surface area contributed by atoms with Crippen LogP contribution in [0.15, 0.2) is 29.1 Å². The first-order valence-electron chi connectivity index (χ1n) is 6.35. The number of hydrogen-bond acceptors (Lipinski definition) is 5. The first-order chi connectivity index (χ1) is 9.58. The van der Waals surface area contributed by atoms with Crippen LogP contribution in [0.5, 0.6) is 0 Å². The number of aryl methyl sites for hydroxylation is 1. The molecule has 3 rings (SSSR count). The maximum Gasteiger partial charge on any atom is 0.260 e. The number of aromatic nitrogens is 1. The van der Waals surface area contributed by atoms with Crippen molar-refractivity contribution < 1.29 is 4.79 Å². The summed E-state index contributed by atoms with van der Waals surface area (Å²) in [5, 5.41) is 3.95. The highest BCUT2D eigenvalue weighted by Gasteiger charge is 2.26. The van der Waals surface area contributed by atoms with Crippen LogP contribution in [0.25, 0.3) is 10.9 Å². The van der Waals surface area contributed by atoms with Gasteiger partial charge in [-0.1, -0.05) is 6.07 Å². The second-order valence-corrected chi connectivity index (χ2v) is 5.93. The third-order valence-electron chi connectivity index (χ3n) is 3.44. The average Bonchev–Trinajstić information content (AvgIpc) is 2.94. The van der Waals surface area contributed by atoms with Crippen LogP contribution in [0.1, 0.15) is 10.4 Å². The topological polar surface area (TPSA) is 77.1 Å². The third kappa shape index (κ3) is 2.10. The molecule has 0 radical (unpaired) electrons. The van der Waals surface area contributed by atoms with Crippen molar-refractivity contribution in [2.24, 2.45) is 0 Å². The van der Waals surface area contributed by atoms with E-state index in [9.17, 15) is 9.59 Å². The molecule has 0 aliphatic carbocycles. The molecule has 3 N–H and O–H groups in total. The number of nitrogens with zero attached hydrogens (tertiary/aromatic N) is 1. The van der Waals surface area contributed by atoms with Crippen LogP contribution >= 0.6 is 11.8 Å². The summed E-state index contributed by atoms with van der Waals surface area (Å²) in [6, 6.07) is 6.75. The minimum atomic E-state index is -0.316. The number of carbonyl (C=O) groups excluding carboxylic acids is 1. The van der Waals surface area contributed by atoms with Crippen molar-refractivity contribution in [3.63, 3.8) is 0 Å². The Labute approximate surface area is 120 Å². The molecule has 0 amide bonds. The molecule has 1 saturated heterocycles. The third-order valence-corrected chi connectivity index (χ3v) is 4.38. The fourth-order valence-electron chi connectivity index (χ4n) is 2.39. The Morgan fingerprint density at radius 2 is 2.25 bits per heavy atom. The summed E-state index contributed by atoms with van der Waals surface area (Å²) in [6.07, 6.45) is 0. The molecular weight excluding hydrogens is 274 g/mol. The summed E-state index contributed by atoms with van der Waals surface area (Å²) < 4.78 is 1.25. The fourth-order valence-corrected chi connectivity index (χ4v) is 3.32. The molecule has 0 spiro atoms. The lowest BCUT2D eigenvalue weighted by Gasteiger charge is -2.14. The summed E-state index contributed by atoms with van der Waals surface area (Å²) in [4.78, 5) is 25.0. The van der Waals surface area contributed by atoms with Gasteiger partial charge in [-0.15, -0.1) is 11.8 Å². The van der Waals surface area contributed by atoms with E-state index < -0.39 is 0 Å². The van der Waals surface area contributed by atoms with E-state index in [4.69, 9.17) is 5.73 Å². The summed E-state index contributed by atoms with van der Waals surface area (Å²) in [5.74, 6) is 1.21. The SMILES string of the molecule is Cc1cc2ccc(N)cc2n(C(=O)C2CSCN2)c1=O. The predicted octanol–water partition coefficient (Wildman–Crippen LogP) is 1.19. The van der Waals surface area contributed by atoms with Crippen molar-refractivity contribution in [2.75, 3.05) is 17.4 Å². The van der Waals surface area contributed by atoms with Crippen molar-refractivity contribution in [1.82, 2.24) is 9.88 Å². The van der Waals surface area contributed by atoms with Gasteiger partial charge >= 0.3 is 0 Å². The number of hydrogen-bond donors (Lipinski definition) is 2. The first kappa shape index (κ1) is 13.2. The van der Waals surface area contributed by atoms with Crippen LogP contribution in [0.3, 0.4) is 0 Å². The number of rotatable bonds is 1. The van der Waals surface area contributed by atoms with E-state index in [1.54, 1.807) is 36.9 Å². The highest BCUT2D eigenvalue weighted by Crippen LogP contribution is 2.19. The normalized spacial score (nSPS) is 18.6. The molecule has 0 saturated carbocycles. The van der Waals surface area contributed by atoms with E-state index in [2.05, 4.69) is 5.32 Å². The minimum Gasteiger partial charge on any atom is -0.399 e. The van der Waals surface area contributed by atoms with Crippen LogP contribution < -0.4 is 16.6 Å². The van der Waals surface area contributed by atoms with Crippen LogP contribution in [0.4, 0.5) is 5.69 Å². The number of nitrogen functional groups attached to an aromatic ring is 1. The Balaban J connectivity index is 2.26. The van der Waals surface area contributed by atoms with Gasteiger partial charge in [-0.05, 0) is 30.5 Å². The zero-order valence-corrected chi connectivity index (χ0v) is 11.9. The number of benzene rings is 1. The molecule has 104 valence electrons. The molecular formula is C14H15N3O2S. The Morgan fingerprint density at radius 3 is 2.95 bits per heavy atom. The maximum atomic E-state index is 12.6. The number of nitrogens with one attached hydrogen (secondary N) is 1. The Kier molecular flexibility index (Phi) is 3.27. The van der Waals surface area contributed by atoms with Gasteiger partial charge in [0, 0.05) is 22.9 Å². The highest BCUT2D eigenvalue weighted by molar-refractivity contribution is 7.99. The first-order valence-corrected chi connectivity index (χ1v) is 7.50. The van der Waals surface area contributed by atoms with Gasteiger partial charge in [-0.2, -0.15) is 0 Å². The highest BCUT2D eigenvalue weighted by atomic mass is 32.2. The van der Waals surface area contributed by atoms with E-state index in [1.807, 2.05) is 6.07 Å². The summed E-state index contributed by atoms with van der Waals surface area (Å²) in [6.45, 7) is 1.72. The molecule has 1 aromatic heterocycles. The van der Waals surface area contributed by atoms with Crippen LogP contribution in [-0.2, 0) is 0 Å². The molecule has 0 bridgehead atoms. The van der Waals surface area contributed by atoms with Gasteiger partial charge in [0.15, 0.2) is 0 Å². The van der Waals surface area contributed by atoms with Gasteiger partial charge in [-0.3, -0.25) is 14.9 Å². The van der Waals surface area contributed by atoms with Crippen molar-refractivity contribution in [1.29, 1.82) is 0 Å². The van der Waals surface area contributed by atoms with Crippen molar-refractivity contribution >= 4 is 34.3 Å². The van der Waals surface area contributed by atoms with Crippen LogP contribution in [-0.4, -0.2) is 28.1 Å². The standard InChI is InChI=1S/C14H15N3O2S/c1-8-4-9-2-3-10(15)5-12(9)17(13(8)18)14(19)11-6-20-7-16-11/h2-5,11,16H,6-7,15H2,1H3. The molecule has 1 aromatic carbocycles. The zero-order chi connectivity index (χ0) is 14.3. The lowest BCUT2D eigenvalue weighted by Crippen LogP contribution is -2.42. The molecule has 2 heterocycles. The van der Waals surface area contributed by atoms with E-state index in [1.165, 1.54) is 4.57 Å². The molecule has 6 heteroatoms. The van der Waals surface area contributed by atoms with Crippen LogP contribution in [0, 0.1) is 6.92 Å². The number of nitrogens with two attached hydrogens (primary N) is 1. The van der Waals surface area contributed by atoms with E-state index in [0.29, 0.717) is 22.5 Å². The summed E-state index contributed by atoms with van der Waals surface area (Å²) in [7, 11) is 0. The number of carbonyl (C=O) groups is 1. The van der Waals surface area contributed by atoms with Gasteiger partial charge in [0.25, 0.3) is 11.5 Å². The molecule has 5 nitrogen and oxygen atoms in total. The Bertz CT molecular complexity index is 748. The van der Waals surface area contributed by atoms with Gasteiger partial charge in [-0.25, -0.2) is 4.57 Å². The number of thioether (sulfide) groups is 1. The Morgan fingerprint density at radius 1 is 1.45 bits per heavy atom. The van der Waals surface area contributed by atoms with E-state index >= 15 is 0 Å². The Hall–Kier alpha value is -1.79. The second-order valence-electron chi connectivity index (χ2n) is 4.90. The van der Waals surface area contributed by atoms with Gasteiger partial charge in [0.2, 0.25) is 0 Å².